The number of carbonyl (C=O) groups is 7. The zero-order valence-electron chi connectivity index (χ0n) is 21.9. The van der Waals surface area contributed by atoms with Crippen molar-refractivity contribution in [2.75, 3.05) is 26.2 Å². The van der Waals surface area contributed by atoms with Crippen LogP contribution in [0.4, 0.5) is 0 Å². The van der Waals surface area contributed by atoms with Gasteiger partial charge in [-0.2, -0.15) is 0 Å². The van der Waals surface area contributed by atoms with Crippen LogP contribution in [0.2, 0.25) is 0 Å². The first-order valence-electron chi connectivity index (χ1n) is 12.7. The summed E-state index contributed by atoms with van der Waals surface area (Å²) in [6, 6.07) is -2.39. The van der Waals surface area contributed by atoms with E-state index in [1.54, 1.807) is 0 Å². The SMILES string of the molecule is O=C(CCC(=O)OC(CO)C1OC(=O)C(OP(=O)(O)O)C1=O)NCC(=O)N1CCC[C@H]1C(=O)N1CCC(O)[C@H]1C(=O)O. The fraction of sp³-hybridized carbons (Fsp3) is 0.682. The molecule has 0 bridgehead atoms. The Morgan fingerprint density at radius 3 is 2.38 bits per heavy atom. The van der Waals surface area contributed by atoms with Crippen LogP contribution >= 0.6 is 7.82 Å². The number of amides is 3. The molecule has 6 N–H and O–H groups in total. The summed E-state index contributed by atoms with van der Waals surface area (Å²) in [4.78, 5) is 105. The number of carboxylic acids is 1. The van der Waals surface area contributed by atoms with Crippen molar-refractivity contribution in [3.8, 4) is 0 Å². The highest BCUT2D eigenvalue weighted by Crippen LogP contribution is 2.40. The number of carbonyl (C=O) groups excluding carboxylic acids is 6. The molecule has 3 amide bonds. The van der Waals surface area contributed by atoms with Crippen molar-refractivity contribution in [3.63, 3.8) is 0 Å². The standard InChI is InChI=1S/C22H30N3O16P/c26-9-12(18-17(31)19(22(35)40-18)41-42(36,37)38)39-15(30)4-3-13(28)23-8-14(29)24-6-1-2-10(24)20(32)25-7-5-11(27)16(25)21(33)34/h10-12,16,18-19,26-27H,1-9H2,(H,23,28)(H,33,34)(H2,36,37,38)/t10-,11?,12?,16-,18?,19?/m0/s1. The molecular weight excluding hydrogens is 593 g/mol. The van der Waals surface area contributed by atoms with Crippen LogP contribution in [0.25, 0.3) is 0 Å². The number of aliphatic hydroxyl groups excluding tert-OH is 2. The van der Waals surface area contributed by atoms with E-state index in [1.807, 2.05) is 0 Å². The lowest BCUT2D eigenvalue weighted by atomic mass is 10.1. The molecule has 0 spiro atoms. The number of aliphatic hydroxyl groups is 2. The maximum Gasteiger partial charge on any atom is 0.470 e. The highest BCUT2D eigenvalue weighted by Gasteiger charge is 2.51. The van der Waals surface area contributed by atoms with Gasteiger partial charge in [0.15, 0.2) is 12.1 Å². The Morgan fingerprint density at radius 2 is 1.76 bits per heavy atom. The second kappa shape index (κ2) is 13.7. The van der Waals surface area contributed by atoms with Gasteiger partial charge in [-0.05, 0) is 19.3 Å². The third-order valence-corrected chi connectivity index (χ3v) is 7.28. The Morgan fingerprint density at radius 1 is 1.07 bits per heavy atom. The van der Waals surface area contributed by atoms with Crippen molar-refractivity contribution in [2.45, 2.75) is 68.6 Å². The van der Waals surface area contributed by atoms with Crippen molar-refractivity contribution in [2.24, 2.45) is 0 Å². The minimum atomic E-state index is -5.26. The molecule has 0 aromatic heterocycles. The van der Waals surface area contributed by atoms with Crippen LogP contribution in [0, 0.1) is 0 Å². The topological polar surface area (TPSA) is 284 Å². The number of ketones is 1. The van der Waals surface area contributed by atoms with Crippen LogP contribution in [0.1, 0.15) is 32.1 Å². The summed E-state index contributed by atoms with van der Waals surface area (Å²) >= 11 is 0. The van der Waals surface area contributed by atoms with E-state index in [4.69, 9.17) is 14.5 Å². The van der Waals surface area contributed by atoms with Gasteiger partial charge >= 0.3 is 25.7 Å². The number of likely N-dealkylation sites (tertiary alicyclic amines) is 2. The second-order valence-electron chi connectivity index (χ2n) is 9.64. The number of phosphoric ester groups is 1. The third-order valence-electron chi connectivity index (χ3n) is 6.79. The predicted octanol–water partition coefficient (Wildman–Crippen LogP) is -4.20. The lowest BCUT2D eigenvalue weighted by Crippen LogP contribution is -2.53. The van der Waals surface area contributed by atoms with Gasteiger partial charge in [-0.1, -0.05) is 0 Å². The molecule has 20 heteroatoms. The maximum absolute atomic E-state index is 13.0. The number of ether oxygens (including phenoxy) is 2. The van der Waals surface area contributed by atoms with Gasteiger partial charge in [-0.25, -0.2) is 14.2 Å². The summed E-state index contributed by atoms with van der Waals surface area (Å²) in [6.07, 6.45) is -7.53. The van der Waals surface area contributed by atoms with Crippen LogP contribution in [0.3, 0.4) is 0 Å². The van der Waals surface area contributed by atoms with Crippen LogP contribution in [0.5, 0.6) is 0 Å². The number of nitrogens with one attached hydrogen (secondary N) is 1. The van der Waals surface area contributed by atoms with Gasteiger partial charge in [0.25, 0.3) is 0 Å². The molecule has 3 fully saturated rings. The average molecular weight is 623 g/mol. The number of hydrogen-bond donors (Lipinski definition) is 6. The smallest absolute Gasteiger partial charge is 0.470 e. The first-order valence-corrected chi connectivity index (χ1v) is 14.2. The highest BCUT2D eigenvalue weighted by atomic mass is 31.2. The predicted molar refractivity (Wildman–Crippen MR) is 130 cm³/mol. The number of aliphatic carboxylic acids is 1. The van der Waals surface area contributed by atoms with Gasteiger partial charge in [-0.3, -0.25) is 28.5 Å². The number of cyclic esters (lactones) is 1. The summed E-state index contributed by atoms with van der Waals surface area (Å²) in [5.41, 5.74) is 0. The molecule has 3 heterocycles. The lowest BCUT2D eigenvalue weighted by Gasteiger charge is -2.30. The average Bonchev–Trinajstić information content (AvgIpc) is 3.62. The van der Waals surface area contributed by atoms with E-state index >= 15 is 0 Å². The van der Waals surface area contributed by atoms with Crippen molar-refractivity contribution in [3.05, 3.63) is 0 Å². The minimum Gasteiger partial charge on any atom is -0.480 e. The number of carboxylic acid groups (broad SMARTS) is 1. The molecule has 4 unspecified atom stereocenters. The van der Waals surface area contributed by atoms with Crippen molar-refractivity contribution >= 4 is 49.2 Å². The summed E-state index contributed by atoms with van der Waals surface area (Å²) in [5, 5.41) is 31.0. The monoisotopic (exact) mass is 623 g/mol. The molecule has 0 radical (unpaired) electrons. The molecular formula is C22H30N3O16P. The van der Waals surface area contributed by atoms with Gasteiger partial charge < -0.3 is 49.7 Å². The van der Waals surface area contributed by atoms with Gasteiger partial charge in [0.1, 0.15) is 6.04 Å². The number of Topliss-reactive ketones (excluding diaryl/α,β-unsaturated/α-hetero) is 1. The fourth-order valence-electron chi connectivity index (χ4n) is 4.84. The summed E-state index contributed by atoms with van der Waals surface area (Å²) < 4.78 is 24.5. The molecule has 3 saturated heterocycles. The molecule has 6 atom stereocenters. The zero-order chi connectivity index (χ0) is 31.4. The fourth-order valence-corrected chi connectivity index (χ4v) is 5.30. The van der Waals surface area contributed by atoms with E-state index in [1.165, 1.54) is 4.90 Å². The summed E-state index contributed by atoms with van der Waals surface area (Å²) in [6.45, 7) is -1.38. The van der Waals surface area contributed by atoms with E-state index < -0.39 is 112 Å². The molecule has 234 valence electrons. The van der Waals surface area contributed by atoms with Gasteiger partial charge in [0, 0.05) is 19.5 Å². The highest BCUT2D eigenvalue weighted by molar-refractivity contribution is 7.46. The van der Waals surface area contributed by atoms with E-state index in [2.05, 4.69) is 14.6 Å². The first-order chi connectivity index (χ1) is 19.6. The first kappa shape index (κ1) is 33.0. The van der Waals surface area contributed by atoms with E-state index in [0.717, 1.165) is 4.90 Å². The van der Waals surface area contributed by atoms with E-state index in [9.17, 15) is 53.4 Å². The van der Waals surface area contributed by atoms with Gasteiger partial charge in [0.05, 0.1) is 25.7 Å². The molecule has 0 saturated carbocycles. The molecule has 42 heavy (non-hydrogen) atoms. The summed E-state index contributed by atoms with van der Waals surface area (Å²) in [5.74, 6) is -7.29. The van der Waals surface area contributed by atoms with Crippen LogP contribution < -0.4 is 5.32 Å². The molecule has 0 aromatic rings. The van der Waals surface area contributed by atoms with Crippen LogP contribution in [-0.4, -0.2) is 139 Å². The minimum absolute atomic E-state index is 0.0125. The molecule has 3 aliphatic heterocycles. The maximum atomic E-state index is 13.0. The van der Waals surface area contributed by atoms with E-state index in [0.29, 0.717) is 6.42 Å². The number of esters is 2. The summed E-state index contributed by atoms with van der Waals surface area (Å²) in [7, 11) is -5.26. The molecule has 19 nitrogen and oxygen atoms in total. The number of phosphoric acid groups is 1. The second-order valence-corrected chi connectivity index (χ2v) is 10.8. The van der Waals surface area contributed by atoms with Crippen molar-refractivity contribution < 1.29 is 77.2 Å². The van der Waals surface area contributed by atoms with Crippen molar-refractivity contribution in [1.29, 1.82) is 0 Å². The Balaban J connectivity index is 1.46. The van der Waals surface area contributed by atoms with Crippen molar-refractivity contribution in [1.82, 2.24) is 15.1 Å². The van der Waals surface area contributed by atoms with E-state index in [-0.39, 0.29) is 25.9 Å². The largest absolute Gasteiger partial charge is 0.480 e. The molecule has 0 aliphatic carbocycles. The normalized spacial score (nSPS) is 26.6. The number of rotatable bonds is 12. The van der Waals surface area contributed by atoms with Crippen LogP contribution in [0.15, 0.2) is 0 Å². The van der Waals surface area contributed by atoms with Crippen LogP contribution in [-0.2, 0) is 52.1 Å². The Bertz CT molecular complexity index is 1170. The number of nitrogens with zero attached hydrogens (tertiary/aromatic N) is 2. The Hall–Kier alpha value is -3.48. The molecule has 3 aliphatic rings. The molecule has 0 aromatic carbocycles. The third kappa shape index (κ3) is 7.87. The zero-order valence-corrected chi connectivity index (χ0v) is 22.8. The quantitative estimate of drug-likeness (QED) is 0.0682. The number of hydrogen-bond acceptors (Lipinski definition) is 13. The lowest BCUT2D eigenvalue weighted by molar-refractivity contribution is -0.166. The Labute approximate surface area is 236 Å². The Kier molecular flexibility index (Phi) is 10.7. The molecule has 3 rings (SSSR count). The van der Waals surface area contributed by atoms with Gasteiger partial charge in [-0.15, -0.1) is 0 Å². The van der Waals surface area contributed by atoms with Gasteiger partial charge in [0.2, 0.25) is 35.7 Å².